The average Bonchev–Trinajstić information content (AvgIpc) is 2.39. The van der Waals surface area contributed by atoms with Crippen LogP contribution in [0.25, 0.3) is 0 Å². The predicted octanol–water partition coefficient (Wildman–Crippen LogP) is 1.62. The normalized spacial score (nSPS) is 19.1. The van der Waals surface area contributed by atoms with Crippen LogP contribution in [0.3, 0.4) is 0 Å². The zero-order chi connectivity index (χ0) is 14.3. The maximum absolute atomic E-state index is 11.7. The number of carboxylic acid groups (broad SMARTS) is 1. The van der Waals surface area contributed by atoms with Crippen LogP contribution in [-0.4, -0.2) is 47.1 Å². The monoisotopic (exact) mass is 270 g/mol. The lowest BCUT2D eigenvalue weighted by atomic mass is 10.0. The Morgan fingerprint density at radius 2 is 1.95 bits per heavy atom. The lowest BCUT2D eigenvalue weighted by molar-refractivity contribution is -0.143. The van der Waals surface area contributed by atoms with Crippen molar-refractivity contribution in [2.75, 3.05) is 13.1 Å². The number of amides is 1. The van der Waals surface area contributed by atoms with Gasteiger partial charge in [-0.3, -0.25) is 14.5 Å². The number of unbranched alkanes of at least 4 members (excludes halogenated alkanes) is 2. The Kier molecular flexibility index (Phi) is 6.84. The van der Waals surface area contributed by atoms with Gasteiger partial charge >= 0.3 is 5.97 Å². The third-order valence-corrected chi connectivity index (χ3v) is 3.81. The largest absolute Gasteiger partial charge is 0.480 e. The molecule has 19 heavy (non-hydrogen) atoms. The van der Waals surface area contributed by atoms with Crippen LogP contribution in [0.2, 0.25) is 0 Å². The lowest BCUT2D eigenvalue weighted by Crippen LogP contribution is -2.49. The van der Waals surface area contributed by atoms with Gasteiger partial charge < -0.3 is 10.4 Å². The van der Waals surface area contributed by atoms with Crippen molar-refractivity contribution in [3.63, 3.8) is 0 Å². The highest BCUT2D eigenvalue weighted by Gasteiger charge is 2.26. The Balaban J connectivity index is 2.22. The van der Waals surface area contributed by atoms with E-state index >= 15 is 0 Å². The molecule has 1 amide bonds. The number of aliphatic carboxylic acids is 1. The molecule has 1 atom stereocenters. The molecule has 0 radical (unpaired) electrons. The van der Waals surface area contributed by atoms with E-state index in [9.17, 15) is 9.59 Å². The summed E-state index contributed by atoms with van der Waals surface area (Å²) in [6.07, 6.45) is 5.48. The van der Waals surface area contributed by atoms with Crippen LogP contribution in [0, 0.1) is 0 Å². The number of carbonyl (C=O) groups is 2. The van der Waals surface area contributed by atoms with Gasteiger partial charge in [0.2, 0.25) is 5.91 Å². The van der Waals surface area contributed by atoms with E-state index in [1.165, 1.54) is 0 Å². The summed E-state index contributed by atoms with van der Waals surface area (Å²) < 4.78 is 0. The van der Waals surface area contributed by atoms with Crippen molar-refractivity contribution in [3.05, 3.63) is 0 Å². The number of hydrogen-bond donors (Lipinski definition) is 2. The van der Waals surface area contributed by atoms with Gasteiger partial charge in [0.05, 0.1) is 0 Å². The van der Waals surface area contributed by atoms with Gasteiger partial charge in [0, 0.05) is 25.6 Å². The molecule has 5 nitrogen and oxygen atoms in total. The fraction of sp³-hybridized carbons (Fsp3) is 0.857. The zero-order valence-corrected chi connectivity index (χ0v) is 12.0. The van der Waals surface area contributed by atoms with Crippen LogP contribution in [-0.2, 0) is 9.59 Å². The van der Waals surface area contributed by atoms with E-state index in [-0.39, 0.29) is 11.9 Å². The standard InChI is InChI=1S/C14H26N2O3/c1-3-4-5-6-13(17)15-12-7-9-16(10-8-12)11(2)14(18)19/h11-12H,3-10H2,1-2H3,(H,15,17)(H,18,19). The summed E-state index contributed by atoms with van der Waals surface area (Å²) >= 11 is 0. The molecule has 0 aromatic heterocycles. The smallest absolute Gasteiger partial charge is 0.320 e. The Hall–Kier alpha value is -1.10. The van der Waals surface area contributed by atoms with Gasteiger partial charge in [-0.05, 0) is 26.2 Å². The predicted molar refractivity (Wildman–Crippen MR) is 74.0 cm³/mol. The molecule has 110 valence electrons. The summed E-state index contributed by atoms with van der Waals surface area (Å²) in [5.41, 5.74) is 0. The summed E-state index contributed by atoms with van der Waals surface area (Å²) in [7, 11) is 0. The number of piperidine rings is 1. The fourth-order valence-corrected chi connectivity index (χ4v) is 2.42. The maximum Gasteiger partial charge on any atom is 0.320 e. The van der Waals surface area contributed by atoms with Gasteiger partial charge in [0.1, 0.15) is 6.04 Å². The SMILES string of the molecule is CCCCCC(=O)NC1CCN(C(C)C(=O)O)CC1. The first-order valence-electron chi connectivity index (χ1n) is 7.30. The first-order chi connectivity index (χ1) is 9.04. The third kappa shape index (κ3) is 5.59. The maximum atomic E-state index is 11.7. The number of nitrogens with one attached hydrogen (secondary N) is 1. The van der Waals surface area contributed by atoms with Gasteiger partial charge in [-0.25, -0.2) is 0 Å². The molecule has 1 aliphatic heterocycles. The minimum Gasteiger partial charge on any atom is -0.480 e. The van der Waals surface area contributed by atoms with Crippen molar-refractivity contribution in [2.45, 2.75) is 64.5 Å². The second kappa shape index (κ2) is 8.15. The number of rotatable bonds is 7. The number of carboxylic acids is 1. The first kappa shape index (κ1) is 16.0. The number of likely N-dealkylation sites (tertiary alicyclic amines) is 1. The molecule has 0 bridgehead atoms. The van der Waals surface area contributed by atoms with Gasteiger partial charge in [-0.2, -0.15) is 0 Å². The molecule has 0 saturated carbocycles. The molecule has 2 N–H and O–H groups in total. The van der Waals surface area contributed by atoms with Crippen LogP contribution in [0.5, 0.6) is 0 Å². The van der Waals surface area contributed by atoms with Crippen LogP contribution in [0.1, 0.15) is 52.4 Å². The van der Waals surface area contributed by atoms with Gasteiger partial charge in [-0.15, -0.1) is 0 Å². The van der Waals surface area contributed by atoms with Crippen molar-refractivity contribution in [2.24, 2.45) is 0 Å². The van der Waals surface area contributed by atoms with Crippen molar-refractivity contribution in [3.8, 4) is 0 Å². The quantitative estimate of drug-likeness (QED) is 0.690. The Bertz CT molecular complexity index is 299. The van der Waals surface area contributed by atoms with E-state index in [0.717, 1.165) is 45.2 Å². The van der Waals surface area contributed by atoms with Gasteiger partial charge in [0.25, 0.3) is 0 Å². The van der Waals surface area contributed by atoms with E-state index in [0.29, 0.717) is 6.42 Å². The van der Waals surface area contributed by atoms with E-state index in [1.54, 1.807) is 6.92 Å². The van der Waals surface area contributed by atoms with E-state index in [1.807, 2.05) is 4.90 Å². The molecule has 1 fully saturated rings. The Morgan fingerprint density at radius 3 is 2.47 bits per heavy atom. The molecular formula is C14H26N2O3. The summed E-state index contributed by atoms with van der Waals surface area (Å²) in [6, 6.07) is -0.215. The number of carbonyl (C=O) groups excluding carboxylic acids is 1. The number of nitrogens with zero attached hydrogens (tertiary/aromatic N) is 1. The molecule has 1 saturated heterocycles. The summed E-state index contributed by atoms with van der Waals surface area (Å²) in [4.78, 5) is 24.5. The summed E-state index contributed by atoms with van der Waals surface area (Å²) in [5, 5.41) is 12.0. The Morgan fingerprint density at radius 1 is 1.32 bits per heavy atom. The van der Waals surface area contributed by atoms with E-state index in [4.69, 9.17) is 5.11 Å². The highest BCUT2D eigenvalue weighted by atomic mass is 16.4. The molecule has 1 aliphatic rings. The van der Waals surface area contributed by atoms with Crippen LogP contribution in [0.4, 0.5) is 0 Å². The second-order valence-corrected chi connectivity index (χ2v) is 5.35. The topological polar surface area (TPSA) is 69.6 Å². The molecule has 1 rings (SSSR count). The van der Waals surface area contributed by atoms with Crippen LogP contribution in [0.15, 0.2) is 0 Å². The van der Waals surface area contributed by atoms with Crippen molar-refractivity contribution in [1.29, 1.82) is 0 Å². The molecule has 0 aromatic rings. The fourth-order valence-electron chi connectivity index (χ4n) is 2.42. The number of hydrogen-bond acceptors (Lipinski definition) is 3. The van der Waals surface area contributed by atoms with Crippen molar-refractivity contribution in [1.82, 2.24) is 10.2 Å². The second-order valence-electron chi connectivity index (χ2n) is 5.35. The zero-order valence-electron chi connectivity index (χ0n) is 12.0. The highest BCUT2D eigenvalue weighted by molar-refractivity contribution is 5.76. The molecule has 1 heterocycles. The summed E-state index contributed by atoms with van der Waals surface area (Å²) in [6.45, 7) is 5.32. The minimum absolute atomic E-state index is 0.137. The van der Waals surface area contributed by atoms with Gasteiger partial charge in [0.15, 0.2) is 0 Å². The highest BCUT2D eigenvalue weighted by Crippen LogP contribution is 2.13. The van der Waals surface area contributed by atoms with Crippen LogP contribution < -0.4 is 5.32 Å². The molecule has 5 heteroatoms. The third-order valence-electron chi connectivity index (χ3n) is 3.81. The Labute approximate surface area is 115 Å². The molecule has 0 aromatic carbocycles. The lowest BCUT2D eigenvalue weighted by Gasteiger charge is -2.34. The first-order valence-corrected chi connectivity index (χ1v) is 7.30. The van der Waals surface area contributed by atoms with E-state index < -0.39 is 12.0 Å². The van der Waals surface area contributed by atoms with Crippen molar-refractivity contribution < 1.29 is 14.7 Å². The minimum atomic E-state index is -0.776. The molecule has 1 unspecified atom stereocenters. The van der Waals surface area contributed by atoms with Crippen molar-refractivity contribution >= 4 is 11.9 Å². The summed E-state index contributed by atoms with van der Waals surface area (Å²) in [5.74, 6) is -0.639. The molecular weight excluding hydrogens is 244 g/mol. The van der Waals surface area contributed by atoms with Gasteiger partial charge in [-0.1, -0.05) is 19.8 Å². The van der Waals surface area contributed by atoms with Crippen LogP contribution >= 0.6 is 0 Å². The molecule has 0 spiro atoms. The average molecular weight is 270 g/mol. The molecule has 0 aliphatic carbocycles. The van der Waals surface area contributed by atoms with E-state index in [2.05, 4.69) is 12.2 Å².